The Kier molecular flexibility index (Phi) is 11.4. The number of carbonyl (C=O) groups is 1. The predicted molar refractivity (Wildman–Crippen MR) is 196 cm³/mol. The number of ether oxygens (including phenoxy) is 2. The van der Waals surface area contributed by atoms with Crippen LogP contribution >= 0.6 is 11.3 Å². The average molecular weight is 688 g/mol. The molecule has 10 heteroatoms. The summed E-state index contributed by atoms with van der Waals surface area (Å²) in [5.74, 6) is 0.126. The number of halogens is 1. The molecule has 1 saturated heterocycles. The summed E-state index contributed by atoms with van der Waals surface area (Å²) in [6.07, 6.45) is 11.0. The summed E-state index contributed by atoms with van der Waals surface area (Å²) in [7, 11) is 0. The van der Waals surface area contributed by atoms with Crippen LogP contribution in [-0.4, -0.2) is 50.8 Å². The maximum absolute atomic E-state index is 14.1. The maximum Gasteiger partial charge on any atom is 0.340 e. The molecule has 0 radical (unpaired) electrons. The number of piperidine rings is 1. The minimum absolute atomic E-state index is 0.205. The first-order valence-corrected chi connectivity index (χ1v) is 18.1. The van der Waals surface area contributed by atoms with Crippen LogP contribution in [0.1, 0.15) is 100 Å². The Morgan fingerprint density at radius 1 is 1.14 bits per heavy atom. The fraction of sp³-hybridized carbons (Fsp3) is 0.487. The number of thiazole rings is 1. The molecule has 1 fully saturated rings. The predicted octanol–water partition coefficient (Wildman–Crippen LogP) is 9.00. The van der Waals surface area contributed by atoms with E-state index >= 15 is 0 Å². The number of benzene rings is 1. The molecule has 0 aliphatic carbocycles. The van der Waals surface area contributed by atoms with Gasteiger partial charge < -0.3 is 14.4 Å². The van der Waals surface area contributed by atoms with Gasteiger partial charge in [-0.3, -0.25) is 0 Å². The molecule has 262 valence electrons. The molecule has 0 spiro atoms. The van der Waals surface area contributed by atoms with Gasteiger partial charge in [0.15, 0.2) is 11.8 Å². The Labute approximate surface area is 294 Å². The van der Waals surface area contributed by atoms with E-state index in [9.17, 15) is 9.18 Å². The van der Waals surface area contributed by atoms with E-state index in [2.05, 4.69) is 25.0 Å². The lowest BCUT2D eigenvalue weighted by Gasteiger charge is -2.41. The highest BCUT2D eigenvalue weighted by Gasteiger charge is 2.38. The first kappa shape index (κ1) is 36.4. The molecule has 0 saturated carbocycles. The topological polar surface area (TPSA) is 81.8 Å². The molecule has 1 aliphatic heterocycles. The third kappa shape index (κ3) is 8.65. The number of aryl methyl sites for hydroxylation is 2. The summed E-state index contributed by atoms with van der Waals surface area (Å²) in [4.78, 5) is 26.7. The Hall–Kier alpha value is -3.89. The Bertz CT molecular complexity index is 1800. The van der Waals surface area contributed by atoms with Crippen molar-refractivity contribution in [3.8, 4) is 10.7 Å². The van der Waals surface area contributed by atoms with Crippen molar-refractivity contribution in [3.63, 3.8) is 0 Å². The van der Waals surface area contributed by atoms with Crippen molar-refractivity contribution < 1.29 is 18.7 Å². The number of nitrogens with zero attached hydrogens (tertiary/aromatic N) is 5. The standard InChI is InChI=1S/C39H50FN5O3S/c1-9-12-14-27-22-29(40)16-15-28(27)23-30-25-41-35(49-30)31-24-32-42-26(4)33(34(37(46)47-11-3)48-38(5,6)7)36(45(32)43-31)44-20-18-39(8,19-21-44)17-13-10-2/h9-10,15-16,22,24-25,34H,1-2,11-14,17-21,23H2,3-8H3/t34-/m0/s1. The molecule has 1 aromatic carbocycles. The van der Waals surface area contributed by atoms with Gasteiger partial charge in [0.1, 0.15) is 22.3 Å². The van der Waals surface area contributed by atoms with Gasteiger partial charge in [0.25, 0.3) is 0 Å². The zero-order valence-electron chi connectivity index (χ0n) is 29.9. The van der Waals surface area contributed by atoms with E-state index in [1.54, 1.807) is 24.3 Å². The van der Waals surface area contributed by atoms with Crippen LogP contribution in [0.2, 0.25) is 0 Å². The molecular formula is C39H50FN5O3S. The molecule has 8 nitrogen and oxygen atoms in total. The SMILES string of the molecule is C=CCCc1cc(F)ccc1Cc1cnc(-c2cc3nc(C)c([C@H](OC(C)(C)C)C(=O)OCC)c(N4CCC(C)(CCC=C)CC4)n3n2)s1. The molecule has 0 amide bonds. The van der Waals surface area contributed by atoms with Crippen LogP contribution in [0.15, 0.2) is 55.8 Å². The van der Waals surface area contributed by atoms with Gasteiger partial charge in [-0.2, -0.15) is 9.61 Å². The van der Waals surface area contributed by atoms with Crippen LogP contribution in [0.25, 0.3) is 16.3 Å². The minimum Gasteiger partial charge on any atom is -0.464 e. The fourth-order valence-corrected chi connectivity index (χ4v) is 7.43. The Morgan fingerprint density at radius 2 is 1.88 bits per heavy atom. The minimum atomic E-state index is -0.981. The molecule has 4 aromatic rings. The summed E-state index contributed by atoms with van der Waals surface area (Å²) < 4.78 is 28.0. The van der Waals surface area contributed by atoms with Crippen LogP contribution in [0.3, 0.4) is 0 Å². The van der Waals surface area contributed by atoms with Gasteiger partial charge in [0.2, 0.25) is 0 Å². The molecule has 0 unspecified atom stereocenters. The van der Waals surface area contributed by atoms with E-state index in [0.717, 1.165) is 78.4 Å². The number of allylic oxidation sites excluding steroid dienone is 2. The van der Waals surface area contributed by atoms with Crippen molar-refractivity contribution in [1.29, 1.82) is 0 Å². The summed E-state index contributed by atoms with van der Waals surface area (Å²) in [5.41, 5.74) is 4.38. The van der Waals surface area contributed by atoms with Crippen LogP contribution in [0.4, 0.5) is 10.2 Å². The fourth-order valence-electron chi connectivity index (χ4n) is 6.54. The van der Waals surface area contributed by atoms with Crippen molar-refractivity contribution in [3.05, 3.63) is 88.9 Å². The molecule has 4 heterocycles. The quantitative estimate of drug-likeness (QED) is 0.0967. The number of hydrogen-bond acceptors (Lipinski definition) is 8. The summed E-state index contributed by atoms with van der Waals surface area (Å²) in [5, 5.41) is 5.87. The van der Waals surface area contributed by atoms with Gasteiger partial charge >= 0.3 is 5.97 Å². The molecule has 1 aliphatic rings. The molecule has 3 aromatic heterocycles. The van der Waals surface area contributed by atoms with E-state index < -0.39 is 17.7 Å². The number of anilines is 1. The molecular weight excluding hydrogens is 638 g/mol. The lowest BCUT2D eigenvalue weighted by atomic mass is 9.76. The number of rotatable bonds is 14. The highest BCUT2D eigenvalue weighted by Crippen LogP contribution is 2.41. The van der Waals surface area contributed by atoms with Crippen molar-refractivity contribution in [1.82, 2.24) is 19.6 Å². The number of esters is 1. The molecule has 0 bridgehead atoms. The Morgan fingerprint density at radius 3 is 2.55 bits per heavy atom. The van der Waals surface area contributed by atoms with E-state index in [4.69, 9.17) is 24.5 Å². The zero-order chi connectivity index (χ0) is 35.3. The van der Waals surface area contributed by atoms with E-state index in [0.29, 0.717) is 29.0 Å². The average Bonchev–Trinajstić information content (AvgIpc) is 3.69. The highest BCUT2D eigenvalue weighted by atomic mass is 32.1. The summed E-state index contributed by atoms with van der Waals surface area (Å²) >= 11 is 1.57. The number of aromatic nitrogens is 4. The second-order valence-corrected chi connectivity index (χ2v) is 15.4. The van der Waals surface area contributed by atoms with Gasteiger partial charge in [-0.25, -0.2) is 19.2 Å². The van der Waals surface area contributed by atoms with Crippen molar-refractivity contribution >= 4 is 28.8 Å². The first-order chi connectivity index (χ1) is 23.3. The monoisotopic (exact) mass is 687 g/mol. The first-order valence-electron chi connectivity index (χ1n) is 17.3. The second-order valence-electron chi connectivity index (χ2n) is 14.3. The van der Waals surface area contributed by atoms with Crippen LogP contribution in [0, 0.1) is 18.2 Å². The van der Waals surface area contributed by atoms with E-state index in [-0.39, 0.29) is 17.8 Å². The smallest absolute Gasteiger partial charge is 0.340 e. The third-order valence-corrected chi connectivity index (χ3v) is 10.2. The zero-order valence-corrected chi connectivity index (χ0v) is 30.7. The maximum atomic E-state index is 14.1. The van der Waals surface area contributed by atoms with Crippen molar-refractivity contribution in [2.75, 3.05) is 24.6 Å². The number of carbonyl (C=O) groups excluding carboxylic acids is 1. The second kappa shape index (κ2) is 15.3. The van der Waals surface area contributed by atoms with Crippen LogP contribution in [-0.2, 0) is 27.1 Å². The molecule has 0 N–H and O–H groups in total. The third-order valence-electron chi connectivity index (χ3n) is 9.18. The van der Waals surface area contributed by atoms with Crippen LogP contribution < -0.4 is 4.90 Å². The van der Waals surface area contributed by atoms with Gasteiger partial charge in [-0.05, 0) is 102 Å². The van der Waals surface area contributed by atoms with E-state index in [1.807, 2.05) is 62.7 Å². The van der Waals surface area contributed by atoms with Crippen molar-refractivity contribution in [2.24, 2.45) is 5.41 Å². The molecule has 5 rings (SSSR count). The lowest BCUT2D eigenvalue weighted by molar-refractivity contribution is -0.166. The van der Waals surface area contributed by atoms with Crippen molar-refractivity contribution in [2.45, 2.75) is 98.2 Å². The summed E-state index contributed by atoms with van der Waals surface area (Å²) in [6, 6.07) is 6.95. The largest absolute Gasteiger partial charge is 0.464 e. The van der Waals surface area contributed by atoms with E-state index in [1.165, 1.54) is 6.07 Å². The molecule has 49 heavy (non-hydrogen) atoms. The Balaban J connectivity index is 1.57. The van der Waals surface area contributed by atoms with Gasteiger partial charge in [-0.15, -0.1) is 24.5 Å². The molecule has 1 atom stereocenters. The van der Waals surface area contributed by atoms with Gasteiger partial charge in [-0.1, -0.05) is 25.1 Å². The normalized spacial score (nSPS) is 15.4. The van der Waals surface area contributed by atoms with Gasteiger partial charge in [0.05, 0.1) is 17.8 Å². The lowest BCUT2D eigenvalue weighted by Crippen LogP contribution is -2.41. The van der Waals surface area contributed by atoms with Gasteiger partial charge in [0, 0.05) is 42.3 Å². The number of fused-ring (bicyclic) bond motifs is 1. The summed E-state index contributed by atoms with van der Waals surface area (Å²) in [6.45, 7) is 21.5. The van der Waals surface area contributed by atoms with Crippen LogP contribution in [0.5, 0.6) is 0 Å². The highest BCUT2D eigenvalue weighted by molar-refractivity contribution is 7.15. The number of hydrogen-bond donors (Lipinski definition) is 0.